The number of hydrogen-bond donors (Lipinski definition) is 2. The summed E-state index contributed by atoms with van der Waals surface area (Å²) in [5.74, 6) is -0.0624. The van der Waals surface area contributed by atoms with Crippen molar-refractivity contribution >= 4 is 30.3 Å². The first-order valence-corrected chi connectivity index (χ1v) is 10.2. The third-order valence-corrected chi connectivity index (χ3v) is 5.58. The van der Waals surface area contributed by atoms with Gasteiger partial charge in [-0.2, -0.15) is 0 Å². The molecule has 1 aromatic rings. The molecule has 1 unspecified atom stereocenters. The summed E-state index contributed by atoms with van der Waals surface area (Å²) in [6.07, 6.45) is 11.8. The Morgan fingerprint density at radius 2 is 1.79 bits per heavy atom. The number of benzene rings is 1. The smallest absolute Gasteiger partial charge is 0.223 e. The molecular formula is C22H32ClN3O2. The Hall–Kier alpha value is -1.85. The van der Waals surface area contributed by atoms with E-state index in [0.29, 0.717) is 12.6 Å². The van der Waals surface area contributed by atoms with E-state index in [1.54, 1.807) is 18.0 Å². The summed E-state index contributed by atoms with van der Waals surface area (Å²) in [4.78, 5) is 26.1. The molecule has 2 aliphatic rings. The number of fused-ring (bicyclic) bond motifs is 1. The van der Waals surface area contributed by atoms with Gasteiger partial charge in [-0.15, -0.1) is 12.4 Å². The molecule has 1 aliphatic heterocycles. The lowest BCUT2D eigenvalue weighted by atomic mass is 9.93. The van der Waals surface area contributed by atoms with Crippen molar-refractivity contribution in [3.63, 3.8) is 0 Å². The van der Waals surface area contributed by atoms with Crippen LogP contribution in [-0.2, 0) is 9.59 Å². The quantitative estimate of drug-likeness (QED) is 0.559. The Labute approximate surface area is 174 Å². The summed E-state index contributed by atoms with van der Waals surface area (Å²) < 4.78 is 0. The van der Waals surface area contributed by atoms with Crippen LogP contribution in [0.1, 0.15) is 69.0 Å². The Morgan fingerprint density at radius 1 is 1.07 bits per heavy atom. The minimum Gasteiger partial charge on any atom is -0.355 e. The number of halogens is 1. The van der Waals surface area contributed by atoms with Crippen LogP contribution in [-0.4, -0.2) is 35.8 Å². The Kier molecular flexibility index (Phi) is 9.00. The van der Waals surface area contributed by atoms with E-state index >= 15 is 0 Å². The van der Waals surface area contributed by atoms with Gasteiger partial charge in [0.2, 0.25) is 11.8 Å². The second-order valence-corrected chi connectivity index (χ2v) is 7.58. The minimum absolute atomic E-state index is 0. The lowest BCUT2D eigenvalue weighted by Gasteiger charge is -2.32. The van der Waals surface area contributed by atoms with E-state index in [0.717, 1.165) is 17.7 Å². The van der Waals surface area contributed by atoms with Crippen molar-refractivity contribution in [1.82, 2.24) is 15.5 Å². The predicted octanol–water partition coefficient (Wildman–Crippen LogP) is 3.80. The zero-order valence-corrected chi connectivity index (χ0v) is 17.5. The van der Waals surface area contributed by atoms with E-state index in [1.165, 1.54) is 38.5 Å². The Balaban J connectivity index is 0.00000280. The summed E-state index contributed by atoms with van der Waals surface area (Å²) in [5.41, 5.74) is 2.10. The molecule has 1 heterocycles. The number of hydrogen-bond acceptors (Lipinski definition) is 3. The van der Waals surface area contributed by atoms with Crippen molar-refractivity contribution in [3.05, 3.63) is 41.6 Å². The molecule has 5 nitrogen and oxygen atoms in total. The van der Waals surface area contributed by atoms with Crippen LogP contribution < -0.4 is 10.6 Å². The molecule has 3 rings (SSSR count). The van der Waals surface area contributed by atoms with Gasteiger partial charge in [0.05, 0.1) is 12.5 Å². The van der Waals surface area contributed by atoms with E-state index in [9.17, 15) is 9.59 Å². The van der Waals surface area contributed by atoms with Gasteiger partial charge in [-0.3, -0.25) is 9.59 Å². The van der Waals surface area contributed by atoms with Crippen molar-refractivity contribution in [2.45, 2.75) is 64.0 Å². The molecule has 28 heavy (non-hydrogen) atoms. The van der Waals surface area contributed by atoms with Crippen molar-refractivity contribution in [2.75, 3.05) is 13.1 Å². The van der Waals surface area contributed by atoms with Gasteiger partial charge >= 0.3 is 0 Å². The van der Waals surface area contributed by atoms with E-state index in [2.05, 4.69) is 10.6 Å². The van der Waals surface area contributed by atoms with Crippen molar-refractivity contribution in [2.24, 2.45) is 0 Å². The molecule has 0 bridgehead atoms. The van der Waals surface area contributed by atoms with Crippen LogP contribution in [0.25, 0.3) is 6.08 Å². The average molecular weight is 406 g/mol. The Morgan fingerprint density at radius 3 is 2.50 bits per heavy atom. The largest absolute Gasteiger partial charge is 0.355 e. The summed E-state index contributed by atoms with van der Waals surface area (Å²) >= 11 is 0. The molecule has 0 radical (unpaired) electrons. The SMILES string of the molecule is CC(=O)N1C=Cc2ccccc2C1CC(=O)NCCNC1CCCCCC1.Cl. The number of amides is 2. The molecule has 1 atom stereocenters. The molecule has 2 amide bonds. The van der Waals surface area contributed by atoms with Gasteiger partial charge in [-0.25, -0.2) is 0 Å². The van der Waals surface area contributed by atoms with Gasteiger partial charge in [0.15, 0.2) is 0 Å². The molecule has 0 spiro atoms. The zero-order chi connectivity index (χ0) is 19.1. The van der Waals surface area contributed by atoms with Crippen molar-refractivity contribution in [3.8, 4) is 0 Å². The summed E-state index contributed by atoms with van der Waals surface area (Å²) in [7, 11) is 0. The highest BCUT2D eigenvalue weighted by molar-refractivity contribution is 5.85. The molecule has 1 aromatic carbocycles. The average Bonchev–Trinajstić information content (AvgIpc) is 2.94. The third kappa shape index (κ3) is 6.08. The topological polar surface area (TPSA) is 61.4 Å². The Bertz CT molecular complexity index is 684. The summed E-state index contributed by atoms with van der Waals surface area (Å²) in [5, 5.41) is 6.58. The van der Waals surface area contributed by atoms with Gasteiger partial charge in [0.25, 0.3) is 0 Å². The second-order valence-electron chi connectivity index (χ2n) is 7.58. The van der Waals surface area contributed by atoms with E-state index < -0.39 is 0 Å². The van der Waals surface area contributed by atoms with Crippen LogP contribution in [0, 0.1) is 0 Å². The highest BCUT2D eigenvalue weighted by Gasteiger charge is 2.28. The maximum absolute atomic E-state index is 12.5. The standard InChI is InChI=1S/C22H31N3O2.ClH/c1-17(26)25-15-12-18-8-6-7-11-20(18)21(25)16-22(27)24-14-13-23-19-9-4-2-3-5-10-19;/h6-8,11-12,15,19,21,23H,2-5,9-10,13-14,16H2,1H3,(H,24,27);1H. The fourth-order valence-corrected chi connectivity index (χ4v) is 4.12. The normalized spacial score (nSPS) is 19.3. The van der Waals surface area contributed by atoms with Crippen LogP contribution in [0.3, 0.4) is 0 Å². The van der Waals surface area contributed by atoms with E-state index in [-0.39, 0.29) is 36.7 Å². The first kappa shape index (κ1) is 22.4. The van der Waals surface area contributed by atoms with E-state index in [1.807, 2.05) is 30.3 Å². The highest BCUT2D eigenvalue weighted by Crippen LogP contribution is 2.32. The van der Waals surface area contributed by atoms with Gasteiger partial charge in [-0.05, 0) is 30.0 Å². The molecule has 0 saturated heterocycles. The fourth-order valence-electron chi connectivity index (χ4n) is 4.12. The highest BCUT2D eigenvalue weighted by atomic mass is 35.5. The minimum atomic E-state index is -0.237. The molecule has 1 saturated carbocycles. The number of rotatable bonds is 6. The van der Waals surface area contributed by atoms with Crippen LogP contribution in [0.2, 0.25) is 0 Å². The zero-order valence-electron chi connectivity index (χ0n) is 16.7. The van der Waals surface area contributed by atoms with Gasteiger partial charge in [0, 0.05) is 32.3 Å². The maximum atomic E-state index is 12.5. The predicted molar refractivity (Wildman–Crippen MR) is 115 cm³/mol. The monoisotopic (exact) mass is 405 g/mol. The number of nitrogens with zero attached hydrogens (tertiary/aromatic N) is 1. The van der Waals surface area contributed by atoms with Gasteiger partial charge in [-0.1, -0.05) is 49.9 Å². The third-order valence-electron chi connectivity index (χ3n) is 5.58. The lowest BCUT2D eigenvalue weighted by Crippen LogP contribution is -2.39. The number of carbonyl (C=O) groups is 2. The first-order chi connectivity index (χ1) is 13.1. The lowest BCUT2D eigenvalue weighted by molar-refractivity contribution is -0.129. The number of nitrogens with one attached hydrogen (secondary N) is 2. The van der Waals surface area contributed by atoms with Gasteiger partial charge in [0.1, 0.15) is 0 Å². The van der Waals surface area contributed by atoms with Gasteiger partial charge < -0.3 is 15.5 Å². The van der Waals surface area contributed by atoms with E-state index in [4.69, 9.17) is 0 Å². The first-order valence-electron chi connectivity index (χ1n) is 10.2. The maximum Gasteiger partial charge on any atom is 0.223 e. The molecule has 154 valence electrons. The molecule has 1 fully saturated rings. The van der Waals surface area contributed by atoms with Crippen LogP contribution in [0.5, 0.6) is 0 Å². The molecule has 6 heteroatoms. The van der Waals surface area contributed by atoms with Crippen molar-refractivity contribution < 1.29 is 9.59 Å². The number of carbonyl (C=O) groups excluding carboxylic acids is 2. The van der Waals surface area contributed by atoms with Crippen LogP contribution >= 0.6 is 12.4 Å². The van der Waals surface area contributed by atoms with Crippen molar-refractivity contribution in [1.29, 1.82) is 0 Å². The molecular weight excluding hydrogens is 374 g/mol. The summed E-state index contributed by atoms with van der Waals surface area (Å²) in [6.45, 7) is 2.97. The fraction of sp³-hybridized carbons (Fsp3) is 0.545. The van der Waals surface area contributed by atoms with Crippen LogP contribution in [0.15, 0.2) is 30.5 Å². The van der Waals surface area contributed by atoms with Crippen LogP contribution in [0.4, 0.5) is 0 Å². The summed E-state index contributed by atoms with van der Waals surface area (Å²) in [6, 6.07) is 8.30. The molecule has 1 aliphatic carbocycles. The molecule has 2 N–H and O–H groups in total. The second kappa shape index (κ2) is 11.2. The molecule has 0 aromatic heterocycles.